The van der Waals surface area contributed by atoms with E-state index in [0.29, 0.717) is 11.1 Å². The molecule has 0 saturated carbocycles. The van der Waals surface area contributed by atoms with E-state index < -0.39 is 45.2 Å². The number of amides is 1. The second-order valence-electron chi connectivity index (χ2n) is 15.2. The first-order valence-corrected chi connectivity index (χ1v) is 22.9. The van der Waals surface area contributed by atoms with Crippen molar-refractivity contribution in [1.82, 2.24) is 4.90 Å². The van der Waals surface area contributed by atoms with Gasteiger partial charge in [-0.2, -0.15) is 0 Å². The maximum Gasteiger partial charge on any atom is 0.356 e. The summed E-state index contributed by atoms with van der Waals surface area (Å²) in [5.41, 5.74) is 1.13. The van der Waals surface area contributed by atoms with E-state index in [2.05, 4.69) is 40.4 Å². The molecule has 1 aliphatic heterocycles. The Bertz CT molecular complexity index is 1940. The van der Waals surface area contributed by atoms with Crippen LogP contribution in [0.2, 0.25) is 18.1 Å². The smallest absolute Gasteiger partial charge is 0.356 e. The van der Waals surface area contributed by atoms with E-state index in [9.17, 15) is 19.5 Å². The van der Waals surface area contributed by atoms with Gasteiger partial charge in [0.05, 0.1) is 24.5 Å². The van der Waals surface area contributed by atoms with Crippen LogP contribution in [0.3, 0.4) is 0 Å². The Labute approximate surface area is 319 Å². The molecule has 0 bridgehead atoms. The lowest BCUT2D eigenvalue weighted by Gasteiger charge is -2.53. The molecule has 0 radical (unpaired) electrons. The van der Waals surface area contributed by atoms with Crippen molar-refractivity contribution in [3.63, 3.8) is 0 Å². The number of Topliss-reactive ketones (excluding diaryl/α,β-unsaturated/α-hetero) is 1. The summed E-state index contributed by atoms with van der Waals surface area (Å²) in [5.74, 6) is -2.93. The van der Waals surface area contributed by atoms with Crippen LogP contribution in [0.5, 0.6) is 0 Å². The van der Waals surface area contributed by atoms with E-state index in [-0.39, 0.29) is 41.6 Å². The number of β-lactam (4-membered cyclic amide) rings is 1. The SMILES string of the molecule is C=CCOC(=O)C(N1C(=O)[C@H]([C@@H](C)O[Si](C)(C)C(C)(C)C)[C@H]1CC(=O)c1ccc(CC(=O)O)cc1)=P(c1ccccc1)(c1ccccc1)c1ccccc1. The first kappa shape index (κ1) is 40.4. The molecule has 54 heavy (non-hydrogen) atoms. The fourth-order valence-electron chi connectivity index (χ4n) is 6.93. The lowest BCUT2D eigenvalue weighted by atomic mass is 9.79. The lowest BCUT2D eigenvalue weighted by Crippen LogP contribution is -2.69. The summed E-state index contributed by atoms with van der Waals surface area (Å²) in [6.45, 7) is 13.0. The van der Waals surface area contributed by atoms with Crippen LogP contribution >= 0.6 is 6.89 Å². The number of carbonyl (C=O) groups is 4. The Morgan fingerprint density at radius 3 is 1.76 bits per heavy atom. The predicted octanol–water partition coefficient (Wildman–Crippen LogP) is 6.98. The van der Waals surface area contributed by atoms with Crippen LogP contribution in [0, 0.1) is 5.92 Å². The molecule has 3 atom stereocenters. The fourth-order valence-corrected chi connectivity index (χ4v) is 12.8. The summed E-state index contributed by atoms with van der Waals surface area (Å²) in [7, 11) is -2.39. The van der Waals surface area contributed by atoms with Crippen LogP contribution in [-0.2, 0) is 30.0 Å². The van der Waals surface area contributed by atoms with Gasteiger partial charge in [-0.1, -0.05) is 149 Å². The molecule has 1 saturated heterocycles. The van der Waals surface area contributed by atoms with Crippen molar-refractivity contribution in [3.05, 3.63) is 139 Å². The maximum absolute atomic E-state index is 15.0. The highest BCUT2D eigenvalue weighted by Crippen LogP contribution is 2.50. The van der Waals surface area contributed by atoms with Crippen molar-refractivity contribution in [2.24, 2.45) is 5.92 Å². The van der Waals surface area contributed by atoms with Gasteiger partial charge >= 0.3 is 11.9 Å². The van der Waals surface area contributed by atoms with E-state index in [1.54, 1.807) is 29.2 Å². The number of ether oxygens (including phenoxy) is 1. The molecule has 0 aromatic heterocycles. The average Bonchev–Trinajstić information content (AvgIpc) is 3.14. The molecule has 1 amide bonds. The predicted molar refractivity (Wildman–Crippen MR) is 220 cm³/mol. The van der Waals surface area contributed by atoms with E-state index >= 15 is 4.79 Å². The Hall–Kier alpha value is -4.82. The molecule has 1 aliphatic rings. The van der Waals surface area contributed by atoms with Gasteiger partial charge in [0, 0.05) is 18.9 Å². The van der Waals surface area contributed by atoms with Crippen molar-refractivity contribution in [3.8, 4) is 0 Å². The molecule has 1 N–H and O–H groups in total. The molecule has 1 fully saturated rings. The minimum absolute atomic E-state index is 0.0800. The molecule has 4 aromatic carbocycles. The molecule has 4 aromatic rings. The topological polar surface area (TPSA) is 110 Å². The fraction of sp³-hybridized carbons (Fsp3) is 0.295. The largest absolute Gasteiger partial charge is 0.481 e. The Morgan fingerprint density at radius 2 is 1.33 bits per heavy atom. The van der Waals surface area contributed by atoms with Gasteiger partial charge in [-0.05, 0) is 46.5 Å². The lowest BCUT2D eigenvalue weighted by molar-refractivity contribution is -0.156. The van der Waals surface area contributed by atoms with Crippen LogP contribution in [0.15, 0.2) is 128 Å². The highest BCUT2D eigenvalue weighted by atomic mass is 31.2. The van der Waals surface area contributed by atoms with E-state index in [4.69, 9.17) is 9.16 Å². The second kappa shape index (κ2) is 16.7. The standard InChI is InChI=1S/C44H50NO7PSi/c1-8-28-51-43(50)42(53(34-18-12-9-13-19-34,35-20-14-10-15-21-35)36-22-16-11-17-23-36)45-37(30-38(46)33-26-24-32(25-27-33)29-39(47)48)40(41(45)49)31(2)52-54(6,7)44(3,4)5/h8-27,31,37,40H,1,28-30H2,2-7H3,(H,47,48)/t31-,37-,40-/m1/s1. The summed E-state index contributed by atoms with van der Waals surface area (Å²) in [6.07, 6.45) is 0.665. The molecule has 10 heteroatoms. The normalized spacial score (nSPS) is 16.6. The zero-order valence-corrected chi connectivity index (χ0v) is 33.8. The molecular weight excluding hydrogens is 714 g/mol. The highest BCUT2D eigenvalue weighted by Gasteiger charge is 2.57. The van der Waals surface area contributed by atoms with Crippen LogP contribution in [0.25, 0.3) is 0 Å². The summed E-state index contributed by atoms with van der Waals surface area (Å²) in [5, 5.41) is 11.7. The number of rotatable bonds is 15. The third-order valence-corrected chi connectivity index (χ3v) is 19.4. The number of benzene rings is 4. The number of nitrogens with zero attached hydrogens (tertiary/aromatic N) is 1. The minimum Gasteiger partial charge on any atom is -0.481 e. The van der Waals surface area contributed by atoms with Gasteiger partial charge < -0.3 is 19.2 Å². The van der Waals surface area contributed by atoms with Crippen molar-refractivity contribution >= 4 is 60.2 Å². The summed E-state index contributed by atoms with van der Waals surface area (Å²) >= 11 is 0. The number of aliphatic carboxylic acids is 1. The second-order valence-corrected chi connectivity index (χ2v) is 23.2. The number of carboxylic acids is 1. The zero-order chi connectivity index (χ0) is 39.3. The maximum atomic E-state index is 15.0. The molecule has 1 heterocycles. The summed E-state index contributed by atoms with van der Waals surface area (Å²) in [4.78, 5) is 57.0. The third kappa shape index (κ3) is 8.14. The Kier molecular flexibility index (Phi) is 12.5. The van der Waals surface area contributed by atoms with Gasteiger partial charge in [-0.25, -0.2) is 4.79 Å². The number of hydrogen-bond donors (Lipinski definition) is 1. The minimum atomic E-state index is -3.20. The van der Waals surface area contributed by atoms with E-state index in [1.165, 1.54) is 6.08 Å². The number of likely N-dealkylation sites (tertiary alicyclic amines) is 1. The summed E-state index contributed by atoms with van der Waals surface area (Å²) < 4.78 is 12.8. The summed E-state index contributed by atoms with van der Waals surface area (Å²) in [6, 6.07) is 34.9. The number of ketones is 1. The van der Waals surface area contributed by atoms with Crippen molar-refractivity contribution in [1.29, 1.82) is 0 Å². The Morgan fingerprint density at radius 1 is 0.852 bits per heavy atom. The molecular formula is C44H50NO7PSi. The molecule has 0 aliphatic carbocycles. The number of carbonyl (C=O) groups excluding carboxylic acids is 3. The number of hydrogen-bond acceptors (Lipinski definition) is 6. The van der Waals surface area contributed by atoms with Crippen molar-refractivity contribution in [2.75, 3.05) is 6.61 Å². The van der Waals surface area contributed by atoms with Crippen LogP contribution in [-0.4, -0.2) is 66.1 Å². The third-order valence-electron chi connectivity index (χ3n) is 10.6. The van der Waals surface area contributed by atoms with Crippen LogP contribution < -0.4 is 15.9 Å². The first-order chi connectivity index (χ1) is 25.6. The molecule has 8 nitrogen and oxygen atoms in total. The van der Waals surface area contributed by atoms with E-state index in [0.717, 1.165) is 15.9 Å². The van der Waals surface area contributed by atoms with Gasteiger partial charge in [-0.15, -0.1) is 0 Å². The quantitative estimate of drug-likeness (QED) is 0.0348. The highest BCUT2D eigenvalue weighted by molar-refractivity contribution is 7.96. The first-order valence-electron chi connectivity index (χ1n) is 18.2. The average molecular weight is 764 g/mol. The van der Waals surface area contributed by atoms with Crippen LogP contribution in [0.1, 0.15) is 50.0 Å². The van der Waals surface area contributed by atoms with Crippen LogP contribution in [0.4, 0.5) is 0 Å². The number of esters is 1. The molecule has 282 valence electrons. The zero-order valence-electron chi connectivity index (χ0n) is 31.9. The van der Waals surface area contributed by atoms with E-state index in [1.807, 2.05) is 97.9 Å². The van der Waals surface area contributed by atoms with Gasteiger partial charge in [-0.3, -0.25) is 14.4 Å². The Balaban J connectivity index is 1.80. The van der Waals surface area contributed by atoms with Gasteiger partial charge in [0.1, 0.15) is 12.0 Å². The van der Waals surface area contributed by atoms with Gasteiger partial charge in [0.25, 0.3) is 0 Å². The molecule has 0 spiro atoms. The molecule has 0 unspecified atom stereocenters. The monoisotopic (exact) mass is 763 g/mol. The van der Waals surface area contributed by atoms with Gasteiger partial charge in [0.2, 0.25) is 5.91 Å². The number of carboxylic acid groups (broad SMARTS) is 1. The van der Waals surface area contributed by atoms with Crippen molar-refractivity contribution in [2.45, 2.75) is 70.8 Å². The van der Waals surface area contributed by atoms with Crippen molar-refractivity contribution < 1.29 is 33.4 Å². The molecule has 5 rings (SSSR count). The van der Waals surface area contributed by atoms with Gasteiger partial charge in [0.15, 0.2) is 14.1 Å².